The van der Waals surface area contributed by atoms with Crippen molar-refractivity contribution >= 4 is 60.8 Å². The van der Waals surface area contributed by atoms with Gasteiger partial charge in [-0.15, -0.1) is 0 Å². The Morgan fingerprint density at radius 2 is 1.10 bits per heavy atom. The van der Waals surface area contributed by atoms with Crippen LogP contribution in [0.1, 0.15) is 25.0 Å². The number of fused-ring (bicyclic) bond motifs is 9. The zero-order chi connectivity index (χ0) is 40.0. The highest BCUT2D eigenvalue weighted by molar-refractivity contribution is 6.18. The molecule has 0 bridgehead atoms. The van der Waals surface area contributed by atoms with Crippen LogP contribution in [0, 0.1) is 0 Å². The second-order valence-corrected chi connectivity index (χ2v) is 16.5. The Hall–Kier alpha value is -7.62. The SMILES string of the molecule is CC1(C)c2ccccc2-c2cccc(N(c3ccc(-c4ccccc4)cc3)c3ccc(-c4ccc5c(c4)c4ccccc4n5-c4ccccc4)c4oc5ccccc5c34)c21. The van der Waals surface area contributed by atoms with Crippen LogP contribution in [0.25, 0.3) is 82.8 Å². The van der Waals surface area contributed by atoms with Crippen LogP contribution in [0.2, 0.25) is 0 Å². The van der Waals surface area contributed by atoms with Crippen molar-refractivity contribution in [3.05, 3.63) is 217 Å². The molecule has 2 heterocycles. The molecule has 284 valence electrons. The monoisotopic (exact) mass is 768 g/mol. The van der Waals surface area contributed by atoms with Gasteiger partial charge in [0.2, 0.25) is 0 Å². The first-order valence-electron chi connectivity index (χ1n) is 20.8. The van der Waals surface area contributed by atoms with E-state index in [1.54, 1.807) is 0 Å². The molecule has 0 saturated heterocycles. The van der Waals surface area contributed by atoms with Gasteiger partial charge in [-0.3, -0.25) is 0 Å². The Balaban J connectivity index is 1.11. The number of anilines is 3. The Morgan fingerprint density at radius 3 is 1.93 bits per heavy atom. The lowest BCUT2D eigenvalue weighted by atomic mass is 9.81. The van der Waals surface area contributed by atoms with E-state index < -0.39 is 0 Å². The van der Waals surface area contributed by atoms with E-state index in [1.165, 1.54) is 55.2 Å². The Labute approximate surface area is 349 Å². The summed E-state index contributed by atoms with van der Waals surface area (Å²) in [6.07, 6.45) is 0. The van der Waals surface area contributed by atoms with E-state index in [4.69, 9.17) is 4.42 Å². The fraction of sp³-hybridized carbons (Fsp3) is 0.0526. The van der Waals surface area contributed by atoms with E-state index in [-0.39, 0.29) is 5.41 Å². The molecule has 0 spiro atoms. The van der Waals surface area contributed by atoms with Gasteiger partial charge in [-0.05, 0) is 106 Å². The molecular formula is C57H40N2O. The van der Waals surface area contributed by atoms with Crippen LogP contribution in [0.4, 0.5) is 17.1 Å². The summed E-state index contributed by atoms with van der Waals surface area (Å²) in [5.74, 6) is 0. The summed E-state index contributed by atoms with van der Waals surface area (Å²) in [5, 5.41) is 4.62. The fourth-order valence-electron chi connectivity index (χ4n) is 10.1. The molecule has 2 aromatic heterocycles. The number of aromatic nitrogens is 1. The minimum absolute atomic E-state index is 0.226. The quantitative estimate of drug-likeness (QED) is 0.168. The van der Waals surface area contributed by atoms with Gasteiger partial charge < -0.3 is 13.9 Å². The highest BCUT2D eigenvalue weighted by Crippen LogP contribution is 2.55. The summed E-state index contributed by atoms with van der Waals surface area (Å²) in [7, 11) is 0. The predicted molar refractivity (Wildman–Crippen MR) is 251 cm³/mol. The third-order valence-corrected chi connectivity index (χ3v) is 12.8. The van der Waals surface area contributed by atoms with Gasteiger partial charge in [-0.25, -0.2) is 0 Å². The Kier molecular flexibility index (Phi) is 7.58. The highest BCUT2D eigenvalue weighted by atomic mass is 16.3. The second-order valence-electron chi connectivity index (χ2n) is 16.5. The van der Waals surface area contributed by atoms with Crippen LogP contribution in [0.5, 0.6) is 0 Å². The van der Waals surface area contributed by atoms with Gasteiger partial charge in [-0.2, -0.15) is 0 Å². The molecule has 9 aromatic carbocycles. The number of hydrogen-bond donors (Lipinski definition) is 0. The summed E-state index contributed by atoms with van der Waals surface area (Å²) in [6.45, 7) is 4.74. The van der Waals surface area contributed by atoms with Crippen molar-refractivity contribution in [3.63, 3.8) is 0 Å². The molecule has 0 N–H and O–H groups in total. The van der Waals surface area contributed by atoms with Gasteiger partial charge in [0.1, 0.15) is 11.2 Å². The number of hydrogen-bond acceptors (Lipinski definition) is 2. The van der Waals surface area contributed by atoms with Crippen molar-refractivity contribution in [3.8, 4) is 39.1 Å². The van der Waals surface area contributed by atoms with Gasteiger partial charge in [0, 0.05) is 38.5 Å². The summed E-state index contributed by atoms with van der Waals surface area (Å²) in [4.78, 5) is 2.48. The molecule has 3 heteroatoms. The average molecular weight is 769 g/mol. The number of rotatable bonds is 6. The summed E-state index contributed by atoms with van der Waals surface area (Å²) >= 11 is 0. The molecule has 0 amide bonds. The number of furan rings is 1. The predicted octanol–water partition coefficient (Wildman–Crippen LogP) is 15.8. The van der Waals surface area contributed by atoms with Gasteiger partial charge in [-0.1, -0.05) is 153 Å². The smallest absolute Gasteiger partial charge is 0.145 e. The molecule has 0 saturated carbocycles. The lowest BCUT2D eigenvalue weighted by Gasteiger charge is -2.32. The fourth-order valence-corrected chi connectivity index (χ4v) is 10.1. The molecule has 0 unspecified atom stereocenters. The summed E-state index contributed by atoms with van der Waals surface area (Å²) in [5.41, 5.74) is 18.2. The highest BCUT2D eigenvalue weighted by Gasteiger charge is 2.39. The zero-order valence-electron chi connectivity index (χ0n) is 33.4. The third-order valence-electron chi connectivity index (χ3n) is 12.8. The van der Waals surface area contributed by atoms with E-state index >= 15 is 0 Å². The Morgan fingerprint density at radius 1 is 0.450 bits per heavy atom. The molecule has 0 atom stereocenters. The van der Waals surface area contributed by atoms with Crippen LogP contribution in [0.15, 0.2) is 211 Å². The van der Waals surface area contributed by atoms with Gasteiger partial charge >= 0.3 is 0 Å². The minimum atomic E-state index is -0.226. The van der Waals surface area contributed by atoms with Crippen molar-refractivity contribution in [2.24, 2.45) is 0 Å². The van der Waals surface area contributed by atoms with Crippen molar-refractivity contribution < 1.29 is 4.42 Å². The largest absolute Gasteiger partial charge is 0.455 e. The van der Waals surface area contributed by atoms with Crippen molar-refractivity contribution in [2.75, 3.05) is 4.90 Å². The number of nitrogens with zero attached hydrogens (tertiary/aromatic N) is 2. The molecule has 1 aliphatic rings. The Bertz CT molecular complexity index is 3450. The van der Waals surface area contributed by atoms with Crippen molar-refractivity contribution in [1.29, 1.82) is 0 Å². The third kappa shape index (κ3) is 5.09. The molecular weight excluding hydrogens is 729 g/mol. The molecule has 60 heavy (non-hydrogen) atoms. The summed E-state index contributed by atoms with van der Waals surface area (Å²) < 4.78 is 9.37. The number of para-hydroxylation sites is 3. The molecule has 1 aliphatic carbocycles. The van der Waals surface area contributed by atoms with Gasteiger partial charge in [0.05, 0.1) is 27.8 Å². The van der Waals surface area contributed by atoms with E-state index in [0.717, 1.165) is 55.8 Å². The first kappa shape index (κ1) is 34.4. The normalized spacial score (nSPS) is 13.0. The van der Waals surface area contributed by atoms with Crippen LogP contribution in [0.3, 0.4) is 0 Å². The van der Waals surface area contributed by atoms with E-state index in [2.05, 4.69) is 230 Å². The minimum Gasteiger partial charge on any atom is -0.455 e. The van der Waals surface area contributed by atoms with Gasteiger partial charge in [0.25, 0.3) is 0 Å². The zero-order valence-corrected chi connectivity index (χ0v) is 33.4. The summed E-state index contributed by atoms with van der Waals surface area (Å²) in [6, 6.07) is 74.7. The molecule has 3 nitrogen and oxygen atoms in total. The van der Waals surface area contributed by atoms with E-state index in [9.17, 15) is 0 Å². The maximum Gasteiger partial charge on any atom is 0.145 e. The topological polar surface area (TPSA) is 21.3 Å². The molecule has 0 fully saturated rings. The lowest BCUT2D eigenvalue weighted by Crippen LogP contribution is -2.20. The molecule has 12 rings (SSSR count). The standard InChI is InChI=1S/C57H40N2O/c1-57(2)48-24-12-9-20-43(48)45-23-15-26-52(55(45)57)59(41-31-28-38(29-32-41)37-16-5-3-6-17-37)51-35-33-42(56-54(51)46-22-11-14-27-53(46)60-56)39-30-34-50-47(36-39)44-21-10-13-25-49(44)58(50)40-18-7-4-8-19-40/h3-36H,1-2H3. The average Bonchev–Trinajstić information content (AvgIpc) is 3.93. The van der Waals surface area contributed by atoms with Crippen LogP contribution in [-0.2, 0) is 5.41 Å². The van der Waals surface area contributed by atoms with Crippen molar-refractivity contribution in [1.82, 2.24) is 4.57 Å². The van der Waals surface area contributed by atoms with E-state index in [1.807, 2.05) is 0 Å². The number of benzene rings is 9. The maximum absolute atomic E-state index is 7.00. The van der Waals surface area contributed by atoms with E-state index in [0.29, 0.717) is 0 Å². The lowest BCUT2D eigenvalue weighted by molar-refractivity contribution is 0.661. The van der Waals surface area contributed by atoms with Crippen LogP contribution >= 0.6 is 0 Å². The van der Waals surface area contributed by atoms with Gasteiger partial charge in [0.15, 0.2) is 0 Å². The molecule has 0 radical (unpaired) electrons. The molecule has 11 aromatic rings. The molecule has 0 aliphatic heterocycles. The first-order chi connectivity index (χ1) is 29.5. The maximum atomic E-state index is 7.00. The van der Waals surface area contributed by atoms with Crippen LogP contribution in [-0.4, -0.2) is 4.57 Å². The second kappa shape index (κ2) is 13.2. The van der Waals surface area contributed by atoms with Crippen LogP contribution < -0.4 is 4.90 Å². The van der Waals surface area contributed by atoms with Crippen molar-refractivity contribution in [2.45, 2.75) is 19.3 Å². The first-order valence-corrected chi connectivity index (χ1v) is 20.8.